The summed E-state index contributed by atoms with van der Waals surface area (Å²) in [6, 6.07) is 12.5. The maximum absolute atomic E-state index is 14.0. The van der Waals surface area contributed by atoms with Crippen LogP contribution in [-0.2, 0) is 10.2 Å². The third-order valence-corrected chi connectivity index (χ3v) is 5.56. The number of benzene rings is 2. The van der Waals surface area contributed by atoms with E-state index >= 15 is 0 Å². The SMILES string of the molecule is CC(C)(C(=O)N1CCN(c2ccccc2F)CC1)c1ccc2c(c1)OCCO2. The molecule has 1 amide bonds. The van der Waals surface area contributed by atoms with E-state index in [9.17, 15) is 9.18 Å². The summed E-state index contributed by atoms with van der Waals surface area (Å²) in [5, 5.41) is 0. The quantitative estimate of drug-likeness (QED) is 0.815. The highest BCUT2D eigenvalue weighted by Gasteiger charge is 2.36. The van der Waals surface area contributed by atoms with E-state index < -0.39 is 5.41 Å². The van der Waals surface area contributed by atoms with Crippen LogP contribution < -0.4 is 14.4 Å². The first kappa shape index (κ1) is 18.6. The Morgan fingerprint density at radius 2 is 1.64 bits per heavy atom. The molecule has 4 rings (SSSR count). The number of carbonyl (C=O) groups excluding carboxylic acids is 1. The number of para-hydroxylation sites is 1. The first-order valence-corrected chi connectivity index (χ1v) is 9.66. The van der Waals surface area contributed by atoms with Crippen molar-refractivity contribution in [2.24, 2.45) is 0 Å². The van der Waals surface area contributed by atoms with Crippen LogP contribution in [-0.4, -0.2) is 50.2 Å². The Kier molecular flexibility index (Phi) is 4.87. The van der Waals surface area contributed by atoms with Crippen molar-refractivity contribution in [3.8, 4) is 11.5 Å². The van der Waals surface area contributed by atoms with E-state index in [0.717, 1.165) is 11.3 Å². The molecular weight excluding hydrogens is 359 g/mol. The molecule has 2 aliphatic rings. The number of carbonyl (C=O) groups is 1. The average Bonchev–Trinajstić information content (AvgIpc) is 2.73. The fourth-order valence-corrected chi connectivity index (χ4v) is 3.81. The maximum atomic E-state index is 14.0. The summed E-state index contributed by atoms with van der Waals surface area (Å²) in [7, 11) is 0. The fourth-order valence-electron chi connectivity index (χ4n) is 3.81. The molecule has 0 aromatic heterocycles. The standard InChI is InChI=1S/C22H25FN2O3/c1-22(2,16-7-8-19-20(15-16)28-14-13-27-19)21(26)25-11-9-24(10-12-25)18-6-4-3-5-17(18)23/h3-8,15H,9-14H2,1-2H3. The van der Waals surface area contributed by atoms with Gasteiger partial charge in [-0.05, 0) is 43.7 Å². The largest absolute Gasteiger partial charge is 0.486 e. The van der Waals surface area contributed by atoms with Gasteiger partial charge in [-0.15, -0.1) is 0 Å². The Labute approximate surface area is 164 Å². The molecule has 0 saturated carbocycles. The van der Waals surface area contributed by atoms with E-state index in [1.54, 1.807) is 12.1 Å². The van der Waals surface area contributed by atoms with Gasteiger partial charge >= 0.3 is 0 Å². The summed E-state index contributed by atoms with van der Waals surface area (Å²) in [6.45, 7) is 7.30. The van der Waals surface area contributed by atoms with Gasteiger partial charge in [0.05, 0.1) is 11.1 Å². The number of anilines is 1. The van der Waals surface area contributed by atoms with Crippen molar-refractivity contribution in [1.82, 2.24) is 4.90 Å². The molecule has 0 N–H and O–H groups in total. The predicted molar refractivity (Wildman–Crippen MR) is 106 cm³/mol. The molecule has 0 aliphatic carbocycles. The lowest BCUT2D eigenvalue weighted by atomic mass is 9.82. The number of fused-ring (bicyclic) bond motifs is 1. The van der Waals surface area contributed by atoms with Gasteiger partial charge in [0, 0.05) is 26.2 Å². The van der Waals surface area contributed by atoms with Gasteiger partial charge in [-0.3, -0.25) is 4.79 Å². The number of amides is 1. The molecule has 5 nitrogen and oxygen atoms in total. The third kappa shape index (κ3) is 3.39. The Hall–Kier alpha value is -2.76. The zero-order chi connectivity index (χ0) is 19.7. The summed E-state index contributed by atoms with van der Waals surface area (Å²) < 4.78 is 25.3. The summed E-state index contributed by atoms with van der Waals surface area (Å²) in [6.07, 6.45) is 0. The fraction of sp³-hybridized carbons (Fsp3) is 0.409. The second kappa shape index (κ2) is 7.34. The van der Waals surface area contributed by atoms with Gasteiger partial charge in [0.2, 0.25) is 5.91 Å². The summed E-state index contributed by atoms with van der Waals surface area (Å²) in [5.41, 5.74) is 0.815. The molecule has 148 valence electrons. The molecule has 2 aromatic rings. The van der Waals surface area contributed by atoms with Crippen LogP contribution in [0.1, 0.15) is 19.4 Å². The molecule has 0 bridgehead atoms. The van der Waals surface area contributed by atoms with E-state index in [1.165, 1.54) is 6.07 Å². The smallest absolute Gasteiger partial charge is 0.232 e. The molecule has 28 heavy (non-hydrogen) atoms. The third-order valence-electron chi connectivity index (χ3n) is 5.56. The summed E-state index contributed by atoms with van der Waals surface area (Å²) >= 11 is 0. The summed E-state index contributed by atoms with van der Waals surface area (Å²) in [4.78, 5) is 17.1. The molecule has 0 radical (unpaired) electrons. The van der Waals surface area contributed by atoms with Crippen molar-refractivity contribution in [3.05, 3.63) is 53.8 Å². The highest BCUT2D eigenvalue weighted by atomic mass is 19.1. The Balaban J connectivity index is 1.46. The van der Waals surface area contributed by atoms with Crippen LogP contribution in [0.25, 0.3) is 0 Å². The Morgan fingerprint density at radius 3 is 2.36 bits per heavy atom. The highest BCUT2D eigenvalue weighted by molar-refractivity contribution is 5.88. The van der Waals surface area contributed by atoms with Gasteiger partial charge in [0.1, 0.15) is 19.0 Å². The lowest BCUT2D eigenvalue weighted by molar-refractivity contribution is -0.136. The van der Waals surface area contributed by atoms with Crippen molar-refractivity contribution < 1.29 is 18.7 Å². The van der Waals surface area contributed by atoms with Gasteiger partial charge in [-0.2, -0.15) is 0 Å². The highest BCUT2D eigenvalue weighted by Crippen LogP contribution is 2.36. The first-order valence-electron chi connectivity index (χ1n) is 9.66. The van der Waals surface area contributed by atoms with Crippen molar-refractivity contribution >= 4 is 11.6 Å². The maximum Gasteiger partial charge on any atom is 0.232 e. The number of piperazine rings is 1. The minimum absolute atomic E-state index is 0.0670. The minimum Gasteiger partial charge on any atom is -0.486 e. The number of hydrogen-bond acceptors (Lipinski definition) is 4. The molecule has 0 atom stereocenters. The molecule has 6 heteroatoms. The van der Waals surface area contributed by atoms with Crippen LogP contribution in [0.5, 0.6) is 11.5 Å². The van der Waals surface area contributed by atoms with Gasteiger partial charge < -0.3 is 19.3 Å². The number of halogens is 1. The van der Waals surface area contributed by atoms with E-state index in [1.807, 2.05) is 47.9 Å². The molecule has 1 fully saturated rings. The predicted octanol–water partition coefficient (Wildman–Crippen LogP) is 3.22. The molecule has 2 aromatic carbocycles. The van der Waals surface area contributed by atoms with Crippen molar-refractivity contribution in [1.29, 1.82) is 0 Å². The number of nitrogens with zero attached hydrogens (tertiary/aromatic N) is 2. The zero-order valence-corrected chi connectivity index (χ0v) is 16.3. The average molecular weight is 384 g/mol. The van der Waals surface area contributed by atoms with E-state index in [0.29, 0.717) is 50.8 Å². The van der Waals surface area contributed by atoms with Crippen LogP contribution in [0.15, 0.2) is 42.5 Å². The van der Waals surface area contributed by atoms with Gasteiger partial charge in [-0.1, -0.05) is 18.2 Å². The molecule has 1 saturated heterocycles. The van der Waals surface area contributed by atoms with E-state index in [4.69, 9.17) is 9.47 Å². The van der Waals surface area contributed by atoms with Crippen LogP contribution in [0, 0.1) is 5.82 Å². The van der Waals surface area contributed by atoms with Crippen molar-refractivity contribution in [2.45, 2.75) is 19.3 Å². The molecule has 0 unspecified atom stereocenters. The van der Waals surface area contributed by atoms with Crippen LogP contribution in [0.2, 0.25) is 0 Å². The Bertz CT molecular complexity index is 876. The second-order valence-corrected chi connectivity index (χ2v) is 7.71. The van der Waals surface area contributed by atoms with Crippen LogP contribution in [0.4, 0.5) is 10.1 Å². The van der Waals surface area contributed by atoms with Crippen molar-refractivity contribution in [3.63, 3.8) is 0 Å². The topological polar surface area (TPSA) is 42.0 Å². The monoisotopic (exact) mass is 384 g/mol. The lowest BCUT2D eigenvalue weighted by Gasteiger charge is -2.39. The van der Waals surface area contributed by atoms with Crippen LogP contribution in [0.3, 0.4) is 0 Å². The molecule has 2 heterocycles. The van der Waals surface area contributed by atoms with Gasteiger partial charge in [-0.25, -0.2) is 4.39 Å². The second-order valence-electron chi connectivity index (χ2n) is 7.71. The number of hydrogen-bond donors (Lipinski definition) is 0. The van der Waals surface area contributed by atoms with E-state index in [2.05, 4.69) is 0 Å². The molecular formula is C22H25FN2O3. The molecule has 2 aliphatic heterocycles. The number of rotatable bonds is 3. The van der Waals surface area contributed by atoms with Gasteiger partial charge in [0.15, 0.2) is 11.5 Å². The van der Waals surface area contributed by atoms with E-state index in [-0.39, 0.29) is 11.7 Å². The summed E-state index contributed by atoms with van der Waals surface area (Å²) in [5.74, 6) is 1.25. The van der Waals surface area contributed by atoms with Gasteiger partial charge in [0.25, 0.3) is 0 Å². The normalized spacial score (nSPS) is 16.8. The van der Waals surface area contributed by atoms with Crippen LogP contribution >= 0.6 is 0 Å². The van der Waals surface area contributed by atoms with Crippen molar-refractivity contribution in [2.75, 3.05) is 44.3 Å². The zero-order valence-electron chi connectivity index (χ0n) is 16.3. The first-order chi connectivity index (χ1) is 13.5. The lowest BCUT2D eigenvalue weighted by Crippen LogP contribution is -2.53. The minimum atomic E-state index is -0.685. The number of ether oxygens (including phenoxy) is 2. The molecule has 0 spiro atoms. The Morgan fingerprint density at radius 1 is 0.964 bits per heavy atom.